The molecule has 0 aliphatic carbocycles. The number of rotatable bonds is 3. The monoisotopic (exact) mass is 229 g/mol. The van der Waals surface area contributed by atoms with Crippen molar-refractivity contribution in [3.05, 3.63) is 41.3 Å². The summed E-state index contributed by atoms with van der Waals surface area (Å²) in [6.07, 6.45) is 2.67. The molecule has 0 spiro atoms. The molecule has 1 heterocycles. The van der Waals surface area contributed by atoms with Gasteiger partial charge in [0.25, 0.3) is 0 Å². The van der Waals surface area contributed by atoms with Crippen LogP contribution in [0.3, 0.4) is 0 Å². The molecule has 1 atom stereocenters. The second-order valence-electron chi connectivity index (χ2n) is 4.74. The highest BCUT2D eigenvalue weighted by atomic mass is 14.9. The number of aromatic nitrogens is 2. The quantitative estimate of drug-likeness (QED) is 0.850. The van der Waals surface area contributed by atoms with Crippen LogP contribution >= 0.6 is 0 Å². The predicted molar refractivity (Wildman–Crippen MR) is 70.9 cm³/mol. The molecule has 1 unspecified atom stereocenters. The fourth-order valence-corrected chi connectivity index (χ4v) is 1.93. The Morgan fingerprint density at radius 3 is 2.82 bits per heavy atom. The third-order valence-corrected chi connectivity index (χ3v) is 2.83. The highest BCUT2D eigenvalue weighted by Gasteiger charge is 2.07. The summed E-state index contributed by atoms with van der Waals surface area (Å²) in [7, 11) is 0. The van der Waals surface area contributed by atoms with Gasteiger partial charge in [0.05, 0.1) is 11.9 Å². The Bertz CT molecular complexity index is 512. The van der Waals surface area contributed by atoms with Crippen molar-refractivity contribution in [2.75, 3.05) is 0 Å². The van der Waals surface area contributed by atoms with Gasteiger partial charge in [0.1, 0.15) is 5.82 Å². The number of imidazole rings is 1. The van der Waals surface area contributed by atoms with Gasteiger partial charge < -0.3 is 10.7 Å². The summed E-state index contributed by atoms with van der Waals surface area (Å²) in [5.41, 5.74) is 10.6. The SMILES string of the molecule is Cc1ccc(C)c(-c2cnc(CC(C)N)[nH]2)c1. The van der Waals surface area contributed by atoms with Gasteiger partial charge in [0.2, 0.25) is 0 Å². The van der Waals surface area contributed by atoms with E-state index < -0.39 is 0 Å². The van der Waals surface area contributed by atoms with E-state index in [0.29, 0.717) is 0 Å². The molecule has 0 saturated heterocycles. The molecule has 0 bridgehead atoms. The van der Waals surface area contributed by atoms with Crippen LogP contribution in [-0.4, -0.2) is 16.0 Å². The summed E-state index contributed by atoms with van der Waals surface area (Å²) < 4.78 is 0. The average molecular weight is 229 g/mol. The zero-order valence-corrected chi connectivity index (χ0v) is 10.6. The molecule has 0 aliphatic heterocycles. The Balaban J connectivity index is 2.33. The first-order chi connectivity index (χ1) is 8.06. The van der Waals surface area contributed by atoms with E-state index in [-0.39, 0.29) is 6.04 Å². The van der Waals surface area contributed by atoms with E-state index in [4.69, 9.17) is 5.73 Å². The van der Waals surface area contributed by atoms with E-state index in [1.807, 2.05) is 13.1 Å². The number of nitrogens with one attached hydrogen (secondary N) is 1. The number of hydrogen-bond acceptors (Lipinski definition) is 2. The van der Waals surface area contributed by atoms with Crippen LogP contribution in [0.5, 0.6) is 0 Å². The maximum atomic E-state index is 5.77. The fraction of sp³-hybridized carbons (Fsp3) is 0.357. The van der Waals surface area contributed by atoms with E-state index >= 15 is 0 Å². The van der Waals surface area contributed by atoms with E-state index in [9.17, 15) is 0 Å². The number of hydrogen-bond donors (Lipinski definition) is 2. The topological polar surface area (TPSA) is 54.7 Å². The van der Waals surface area contributed by atoms with E-state index in [2.05, 4.69) is 42.0 Å². The molecular weight excluding hydrogens is 210 g/mol. The summed E-state index contributed by atoms with van der Waals surface area (Å²) in [6, 6.07) is 6.57. The normalized spacial score (nSPS) is 12.7. The van der Waals surface area contributed by atoms with Crippen LogP contribution in [0.4, 0.5) is 0 Å². The zero-order chi connectivity index (χ0) is 12.4. The van der Waals surface area contributed by atoms with E-state index in [0.717, 1.165) is 17.9 Å². The lowest BCUT2D eigenvalue weighted by Gasteiger charge is -2.05. The van der Waals surface area contributed by atoms with Crippen molar-refractivity contribution >= 4 is 0 Å². The van der Waals surface area contributed by atoms with E-state index in [1.165, 1.54) is 16.7 Å². The summed E-state index contributed by atoms with van der Waals surface area (Å²) in [5, 5.41) is 0. The molecule has 17 heavy (non-hydrogen) atoms. The minimum Gasteiger partial charge on any atom is -0.342 e. The van der Waals surface area contributed by atoms with Gasteiger partial charge in [-0.15, -0.1) is 0 Å². The molecule has 0 amide bonds. The number of aromatic amines is 1. The van der Waals surface area contributed by atoms with Crippen molar-refractivity contribution in [2.45, 2.75) is 33.2 Å². The molecule has 0 aliphatic rings. The smallest absolute Gasteiger partial charge is 0.108 e. The second-order valence-corrected chi connectivity index (χ2v) is 4.74. The number of nitrogens with zero attached hydrogens (tertiary/aromatic N) is 1. The molecule has 0 fully saturated rings. The van der Waals surface area contributed by atoms with Crippen molar-refractivity contribution < 1.29 is 0 Å². The van der Waals surface area contributed by atoms with Gasteiger partial charge in [-0.1, -0.05) is 17.7 Å². The van der Waals surface area contributed by atoms with Crippen molar-refractivity contribution in [1.29, 1.82) is 0 Å². The largest absolute Gasteiger partial charge is 0.342 e. The molecule has 2 aromatic rings. The molecule has 2 rings (SSSR count). The molecule has 3 nitrogen and oxygen atoms in total. The molecule has 0 radical (unpaired) electrons. The standard InChI is InChI=1S/C14H19N3/c1-9-4-5-10(2)12(6-9)13-8-16-14(17-13)7-11(3)15/h4-6,8,11H,7,15H2,1-3H3,(H,16,17). The summed E-state index contributed by atoms with van der Waals surface area (Å²) >= 11 is 0. The molecule has 3 heteroatoms. The fourth-order valence-electron chi connectivity index (χ4n) is 1.93. The lowest BCUT2D eigenvalue weighted by Crippen LogP contribution is -2.18. The van der Waals surface area contributed by atoms with Crippen molar-refractivity contribution in [3.8, 4) is 11.3 Å². The first kappa shape index (κ1) is 11.9. The number of nitrogens with two attached hydrogens (primary N) is 1. The second kappa shape index (κ2) is 4.72. The van der Waals surface area contributed by atoms with Gasteiger partial charge in [-0.3, -0.25) is 0 Å². The minimum atomic E-state index is 0.132. The summed E-state index contributed by atoms with van der Waals surface area (Å²) in [4.78, 5) is 7.71. The predicted octanol–water partition coefficient (Wildman–Crippen LogP) is 2.58. The maximum Gasteiger partial charge on any atom is 0.108 e. The number of H-pyrrole nitrogens is 1. The molecule has 1 aromatic carbocycles. The Morgan fingerprint density at radius 2 is 2.12 bits per heavy atom. The number of aryl methyl sites for hydroxylation is 2. The van der Waals surface area contributed by atoms with Gasteiger partial charge in [-0.25, -0.2) is 4.98 Å². The molecule has 0 saturated carbocycles. The Morgan fingerprint density at radius 1 is 1.35 bits per heavy atom. The molecular formula is C14H19N3. The Labute approximate surface area is 102 Å². The minimum absolute atomic E-state index is 0.132. The molecule has 90 valence electrons. The van der Waals surface area contributed by atoms with Gasteiger partial charge in [-0.05, 0) is 32.4 Å². The van der Waals surface area contributed by atoms with Crippen LogP contribution in [0.15, 0.2) is 24.4 Å². The number of benzene rings is 1. The highest BCUT2D eigenvalue weighted by molar-refractivity contribution is 5.63. The maximum absolute atomic E-state index is 5.77. The van der Waals surface area contributed by atoms with Gasteiger partial charge >= 0.3 is 0 Å². The van der Waals surface area contributed by atoms with Crippen LogP contribution in [0.2, 0.25) is 0 Å². The Kier molecular flexibility index (Phi) is 3.29. The van der Waals surface area contributed by atoms with Crippen molar-refractivity contribution in [2.24, 2.45) is 5.73 Å². The van der Waals surface area contributed by atoms with Crippen LogP contribution in [0.25, 0.3) is 11.3 Å². The first-order valence-electron chi connectivity index (χ1n) is 5.93. The van der Waals surface area contributed by atoms with Crippen LogP contribution < -0.4 is 5.73 Å². The molecule has 3 N–H and O–H groups in total. The van der Waals surface area contributed by atoms with Crippen molar-refractivity contribution in [1.82, 2.24) is 9.97 Å². The zero-order valence-electron chi connectivity index (χ0n) is 10.6. The third-order valence-electron chi connectivity index (χ3n) is 2.83. The lowest BCUT2D eigenvalue weighted by molar-refractivity contribution is 0.710. The lowest BCUT2D eigenvalue weighted by atomic mass is 10.0. The van der Waals surface area contributed by atoms with Gasteiger partial charge in [0.15, 0.2) is 0 Å². The van der Waals surface area contributed by atoms with Crippen LogP contribution in [0.1, 0.15) is 23.9 Å². The van der Waals surface area contributed by atoms with Gasteiger partial charge in [0, 0.05) is 18.0 Å². The van der Waals surface area contributed by atoms with Crippen molar-refractivity contribution in [3.63, 3.8) is 0 Å². The highest BCUT2D eigenvalue weighted by Crippen LogP contribution is 2.22. The van der Waals surface area contributed by atoms with Crippen LogP contribution in [0, 0.1) is 13.8 Å². The summed E-state index contributed by atoms with van der Waals surface area (Å²) in [5.74, 6) is 0.955. The van der Waals surface area contributed by atoms with E-state index in [1.54, 1.807) is 0 Å². The molecule has 1 aromatic heterocycles. The average Bonchev–Trinajstić information content (AvgIpc) is 2.69. The van der Waals surface area contributed by atoms with Crippen LogP contribution in [-0.2, 0) is 6.42 Å². The first-order valence-corrected chi connectivity index (χ1v) is 5.93. The Hall–Kier alpha value is -1.61. The third kappa shape index (κ3) is 2.74. The van der Waals surface area contributed by atoms with Gasteiger partial charge in [-0.2, -0.15) is 0 Å². The summed E-state index contributed by atoms with van der Waals surface area (Å²) in [6.45, 7) is 6.20.